The Balaban J connectivity index is 0.00000108. The van der Waals surface area contributed by atoms with Crippen LogP contribution in [-0.2, 0) is 17.8 Å². The van der Waals surface area contributed by atoms with Gasteiger partial charge < -0.3 is 24.8 Å². The van der Waals surface area contributed by atoms with Crippen molar-refractivity contribution in [3.63, 3.8) is 0 Å². The summed E-state index contributed by atoms with van der Waals surface area (Å²) in [7, 11) is 0. The number of hydrogen-bond acceptors (Lipinski definition) is 8. The molecule has 2 saturated heterocycles. The minimum absolute atomic E-state index is 0.0214. The van der Waals surface area contributed by atoms with Crippen molar-refractivity contribution in [1.82, 2.24) is 20.2 Å². The molecule has 1 atom stereocenters. The number of piperazine rings is 1. The van der Waals surface area contributed by atoms with Crippen molar-refractivity contribution in [3.8, 4) is 12.1 Å². The van der Waals surface area contributed by atoms with Gasteiger partial charge in [0.25, 0.3) is 0 Å². The molecule has 1 unspecified atom stereocenters. The number of halogens is 1. The van der Waals surface area contributed by atoms with E-state index < -0.39 is 0 Å². The minimum atomic E-state index is -0.0214. The molecule has 3 aliphatic heterocycles. The first kappa shape index (κ1) is 28.7. The summed E-state index contributed by atoms with van der Waals surface area (Å²) in [6.45, 7) is 10.9. The highest BCUT2D eigenvalue weighted by Crippen LogP contribution is 2.37. The zero-order valence-electron chi connectivity index (χ0n) is 23.5. The fraction of sp³-hybridized carbons (Fsp3) is 0.419. The molecule has 1 N–H and O–H groups in total. The molecule has 6 rings (SSSR count). The lowest BCUT2D eigenvalue weighted by Crippen LogP contribution is -2.49. The molecule has 41 heavy (non-hydrogen) atoms. The van der Waals surface area contributed by atoms with E-state index in [4.69, 9.17) is 31.6 Å². The minimum Gasteiger partial charge on any atom is -0.462 e. The van der Waals surface area contributed by atoms with Gasteiger partial charge in [-0.2, -0.15) is 15.2 Å². The molecular formula is C31H36ClN7O2. The van der Waals surface area contributed by atoms with Gasteiger partial charge in [0, 0.05) is 62.3 Å². The first-order chi connectivity index (χ1) is 20.0. The first-order valence-corrected chi connectivity index (χ1v) is 14.6. The molecule has 0 bridgehead atoms. The van der Waals surface area contributed by atoms with Crippen LogP contribution in [0.15, 0.2) is 49.1 Å². The zero-order chi connectivity index (χ0) is 28.8. The molecule has 10 heteroatoms. The third kappa shape index (κ3) is 6.39. The Morgan fingerprint density at radius 1 is 1.17 bits per heavy atom. The summed E-state index contributed by atoms with van der Waals surface area (Å²) < 4.78 is 6.17. The number of anilines is 2. The number of nitrogens with zero attached hydrogens (tertiary/aromatic N) is 6. The second-order valence-electron chi connectivity index (χ2n) is 10.4. The largest absolute Gasteiger partial charge is 0.462 e. The fourth-order valence-electron chi connectivity index (χ4n) is 5.80. The second kappa shape index (κ2) is 13.2. The Morgan fingerprint density at radius 3 is 2.63 bits per heavy atom. The van der Waals surface area contributed by atoms with Crippen molar-refractivity contribution in [1.29, 1.82) is 5.26 Å². The van der Waals surface area contributed by atoms with Crippen molar-refractivity contribution in [2.75, 3.05) is 55.7 Å². The van der Waals surface area contributed by atoms with Gasteiger partial charge in [0.1, 0.15) is 12.4 Å². The van der Waals surface area contributed by atoms with Gasteiger partial charge in [-0.25, -0.2) is 0 Å². The number of benzene rings is 2. The molecule has 214 valence electrons. The molecule has 3 aliphatic rings. The predicted molar refractivity (Wildman–Crippen MR) is 163 cm³/mol. The van der Waals surface area contributed by atoms with E-state index in [2.05, 4.69) is 46.0 Å². The monoisotopic (exact) mass is 573 g/mol. The highest BCUT2D eigenvalue weighted by atomic mass is 35.5. The molecule has 2 aromatic carbocycles. The van der Waals surface area contributed by atoms with E-state index in [9.17, 15) is 4.79 Å². The molecule has 3 aromatic rings. The maximum atomic E-state index is 12.1. The SMILES string of the molecule is C=CC(=O)N1CCN(c2nc(OCC3CCCN3)nc3c2CCN(c2cccc4cccc(Cl)c24)C3)CC1.CC#N. The van der Waals surface area contributed by atoms with E-state index in [0.29, 0.717) is 38.3 Å². The molecule has 0 saturated carbocycles. The number of carbonyl (C=O) groups is 1. The maximum Gasteiger partial charge on any atom is 0.318 e. The number of amides is 1. The van der Waals surface area contributed by atoms with Crippen molar-refractivity contribution < 1.29 is 9.53 Å². The Bertz CT molecular complexity index is 1440. The van der Waals surface area contributed by atoms with E-state index in [1.54, 1.807) is 6.07 Å². The van der Waals surface area contributed by atoms with Gasteiger partial charge in [-0.1, -0.05) is 42.4 Å². The van der Waals surface area contributed by atoms with Crippen LogP contribution in [-0.4, -0.2) is 72.7 Å². The van der Waals surface area contributed by atoms with Gasteiger partial charge in [-0.15, -0.1) is 0 Å². The lowest BCUT2D eigenvalue weighted by molar-refractivity contribution is -0.126. The van der Waals surface area contributed by atoms with Crippen LogP contribution < -0.4 is 19.9 Å². The van der Waals surface area contributed by atoms with Crippen LogP contribution in [0.25, 0.3) is 10.8 Å². The van der Waals surface area contributed by atoms with Crippen molar-refractivity contribution >= 4 is 39.8 Å². The summed E-state index contributed by atoms with van der Waals surface area (Å²) in [5.74, 6) is 0.914. The van der Waals surface area contributed by atoms with E-state index >= 15 is 0 Å². The van der Waals surface area contributed by atoms with Gasteiger partial charge in [-0.05, 0) is 49.4 Å². The number of aromatic nitrogens is 2. The molecule has 2 fully saturated rings. The van der Waals surface area contributed by atoms with Gasteiger partial charge in [-0.3, -0.25) is 4.79 Å². The first-order valence-electron chi connectivity index (χ1n) is 14.2. The van der Waals surface area contributed by atoms with E-state index in [0.717, 1.165) is 72.0 Å². The number of carbonyl (C=O) groups excluding carboxylic acids is 1. The van der Waals surface area contributed by atoms with Crippen LogP contribution in [0.1, 0.15) is 31.0 Å². The van der Waals surface area contributed by atoms with Crippen LogP contribution in [0.5, 0.6) is 6.01 Å². The molecular weight excluding hydrogens is 538 g/mol. The average molecular weight is 574 g/mol. The van der Waals surface area contributed by atoms with Crippen molar-refractivity contribution in [2.24, 2.45) is 0 Å². The summed E-state index contributed by atoms with van der Waals surface area (Å²) in [6, 6.07) is 14.9. The Kier molecular flexibility index (Phi) is 9.22. The van der Waals surface area contributed by atoms with Crippen molar-refractivity contribution in [2.45, 2.75) is 38.8 Å². The number of fused-ring (bicyclic) bond motifs is 2. The number of hydrogen-bond donors (Lipinski definition) is 1. The molecule has 1 aromatic heterocycles. The normalized spacial score (nSPS) is 18.3. The molecule has 1 amide bonds. The Morgan fingerprint density at radius 2 is 1.93 bits per heavy atom. The lowest BCUT2D eigenvalue weighted by Gasteiger charge is -2.38. The van der Waals surface area contributed by atoms with Gasteiger partial charge >= 0.3 is 6.01 Å². The summed E-state index contributed by atoms with van der Waals surface area (Å²) in [6.07, 6.45) is 4.48. The van der Waals surface area contributed by atoms with Crippen LogP contribution in [0.2, 0.25) is 5.02 Å². The topological polar surface area (TPSA) is 97.6 Å². The van der Waals surface area contributed by atoms with Gasteiger partial charge in [0.15, 0.2) is 0 Å². The zero-order valence-corrected chi connectivity index (χ0v) is 24.2. The van der Waals surface area contributed by atoms with Crippen molar-refractivity contribution in [3.05, 3.63) is 65.3 Å². The molecule has 4 heterocycles. The number of ether oxygens (including phenoxy) is 1. The van der Waals surface area contributed by atoms with E-state index in [-0.39, 0.29) is 5.91 Å². The smallest absolute Gasteiger partial charge is 0.318 e. The molecule has 0 radical (unpaired) electrons. The summed E-state index contributed by atoms with van der Waals surface area (Å²) in [4.78, 5) is 28.4. The standard InChI is InChI=1S/C29H33ClN6O2.C2H3N/c1-2-26(37)34-14-16-35(17-15-34)28-22-11-13-36(25-10-4-7-20-6-3-9-23(30)27(20)25)18-24(22)32-29(33-28)38-19-21-8-5-12-31-21;1-2-3/h2-4,6-7,9-10,21,31H,1,5,8,11-19H2;1H3. The highest BCUT2D eigenvalue weighted by Gasteiger charge is 2.29. The molecule has 9 nitrogen and oxygen atoms in total. The number of nitriles is 1. The van der Waals surface area contributed by atoms with Gasteiger partial charge in [0.2, 0.25) is 5.91 Å². The Hall–Kier alpha value is -3.87. The van der Waals surface area contributed by atoms with Crippen LogP contribution in [0, 0.1) is 11.3 Å². The predicted octanol–water partition coefficient (Wildman–Crippen LogP) is 4.34. The lowest BCUT2D eigenvalue weighted by atomic mass is 10.0. The third-order valence-electron chi connectivity index (χ3n) is 7.84. The Labute approximate surface area is 246 Å². The number of rotatable bonds is 6. The van der Waals surface area contributed by atoms with E-state index in [1.807, 2.05) is 17.0 Å². The van der Waals surface area contributed by atoms with Crippen LogP contribution >= 0.6 is 11.6 Å². The molecule has 0 spiro atoms. The van der Waals surface area contributed by atoms with Crippen LogP contribution in [0.4, 0.5) is 11.5 Å². The highest BCUT2D eigenvalue weighted by molar-refractivity contribution is 6.36. The van der Waals surface area contributed by atoms with Crippen LogP contribution in [0.3, 0.4) is 0 Å². The second-order valence-corrected chi connectivity index (χ2v) is 10.8. The number of nitrogens with one attached hydrogen (secondary N) is 1. The molecule has 0 aliphatic carbocycles. The summed E-state index contributed by atoms with van der Waals surface area (Å²) in [5.41, 5.74) is 3.28. The fourth-order valence-corrected chi connectivity index (χ4v) is 6.08. The average Bonchev–Trinajstić information content (AvgIpc) is 3.53. The third-order valence-corrected chi connectivity index (χ3v) is 8.15. The summed E-state index contributed by atoms with van der Waals surface area (Å²) >= 11 is 6.66. The van der Waals surface area contributed by atoms with E-state index in [1.165, 1.54) is 25.0 Å². The van der Waals surface area contributed by atoms with Gasteiger partial charge in [0.05, 0.1) is 23.3 Å². The summed E-state index contributed by atoms with van der Waals surface area (Å²) in [5, 5.41) is 13.8. The maximum absolute atomic E-state index is 12.1. The quantitative estimate of drug-likeness (QED) is 0.435.